The van der Waals surface area contributed by atoms with Crippen LogP contribution in [0.15, 0.2) is 18.3 Å². The maximum Gasteiger partial charge on any atom is 0.137 e. The van der Waals surface area contributed by atoms with Gasteiger partial charge in [-0.25, -0.2) is 0 Å². The third-order valence-electron chi connectivity index (χ3n) is 1.49. The summed E-state index contributed by atoms with van der Waals surface area (Å²) in [6, 6.07) is 3.69. The number of halogens is 1. The van der Waals surface area contributed by atoms with Crippen molar-refractivity contribution in [1.82, 2.24) is 4.98 Å². The number of nitrogens with zero attached hydrogens (tertiary/aromatic N) is 1. The SMILES string of the molecule is COCCOc1ccc(CCl)nc1. The van der Waals surface area contributed by atoms with E-state index in [0.717, 1.165) is 11.4 Å². The van der Waals surface area contributed by atoms with Crippen LogP contribution < -0.4 is 4.74 Å². The van der Waals surface area contributed by atoms with Crippen LogP contribution in [0.4, 0.5) is 0 Å². The van der Waals surface area contributed by atoms with E-state index in [1.54, 1.807) is 13.3 Å². The zero-order valence-corrected chi connectivity index (χ0v) is 8.25. The van der Waals surface area contributed by atoms with Gasteiger partial charge in [-0.1, -0.05) is 0 Å². The van der Waals surface area contributed by atoms with Crippen LogP contribution in [-0.2, 0) is 10.6 Å². The molecular weight excluding hydrogens is 190 g/mol. The van der Waals surface area contributed by atoms with Crippen molar-refractivity contribution in [3.05, 3.63) is 24.0 Å². The van der Waals surface area contributed by atoms with Crippen molar-refractivity contribution < 1.29 is 9.47 Å². The van der Waals surface area contributed by atoms with Crippen LogP contribution in [0.5, 0.6) is 5.75 Å². The van der Waals surface area contributed by atoms with E-state index in [-0.39, 0.29) is 0 Å². The van der Waals surface area contributed by atoms with Crippen LogP contribution in [0.3, 0.4) is 0 Å². The molecule has 0 fully saturated rings. The van der Waals surface area contributed by atoms with E-state index in [0.29, 0.717) is 19.1 Å². The quantitative estimate of drug-likeness (QED) is 0.538. The molecule has 1 aromatic rings. The molecule has 0 aliphatic rings. The summed E-state index contributed by atoms with van der Waals surface area (Å²) in [6.07, 6.45) is 1.66. The highest BCUT2D eigenvalue weighted by molar-refractivity contribution is 6.16. The summed E-state index contributed by atoms with van der Waals surface area (Å²) >= 11 is 5.58. The topological polar surface area (TPSA) is 31.4 Å². The number of alkyl halides is 1. The highest BCUT2D eigenvalue weighted by Gasteiger charge is 1.94. The van der Waals surface area contributed by atoms with Crippen LogP contribution in [0.25, 0.3) is 0 Å². The van der Waals surface area contributed by atoms with Crippen LogP contribution in [0.2, 0.25) is 0 Å². The molecule has 0 unspecified atom stereocenters. The normalized spacial score (nSPS) is 10.0. The lowest BCUT2D eigenvalue weighted by Crippen LogP contribution is -2.04. The molecule has 0 N–H and O–H groups in total. The molecule has 0 saturated carbocycles. The molecule has 4 heteroatoms. The minimum Gasteiger partial charge on any atom is -0.490 e. The standard InChI is InChI=1S/C9H12ClNO2/c1-12-4-5-13-9-3-2-8(6-10)11-7-9/h2-3,7H,4-6H2,1H3. The predicted molar refractivity (Wildman–Crippen MR) is 51.2 cm³/mol. The summed E-state index contributed by atoms with van der Waals surface area (Å²) < 4.78 is 10.2. The fraction of sp³-hybridized carbons (Fsp3) is 0.444. The van der Waals surface area contributed by atoms with Gasteiger partial charge in [0.1, 0.15) is 12.4 Å². The van der Waals surface area contributed by atoms with Crippen LogP contribution in [0.1, 0.15) is 5.69 Å². The minimum atomic E-state index is 0.429. The molecule has 0 spiro atoms. The van der Waals surface area contributed by atoms with Crippen molar-refractivity contribution >= 4 is 11.6 Å². The molecule has 0 amide bonds. The molecule has 1 rings (SSSR count). The lowest BCUT2D eigenvalue weighted by molar-refractivity contribution is 0.146. The average molecular weight is 202 g/mol. The van der Waals surface area contributed by atoms with E-state index in [9.17, 15) is 0 Å². The van der Waals surface area contributed by atoms with Gasteiger partial charge in [-0.2, -0.15) is 0 Å². The van der Waals surface area contributed by atoms with Gasteiger partial charge in [-0.15, -0.1) is 11.6 Å². The van der Waals surface area contributed by atoms with Gasteiger partial charge in [0.15, 0.2) is 0 Å². The Morgan fingerprint density at radius 3 is 2.77 bits per heavy atom. The van der Waals surface area contributed by atoms with Gasteiger partial charge in [-0.3, -0.25) is 4.98 Å². The molecule has 72 valence electrons. The Balaban J connectivity index is 2.40. The molecule has 0 aromatic carbocycles. The van der Waals surface area contributed by atoms with Crippen molar-refractivity contribution in [2.45, 2.75) is 5.88 Å². The highest BCUT2D eigenvalue weighted by atomic mass is 35.5. The van der Waals surface area contributed by atoms with E-state index >= 15 is 0 Å². The second-order valence-electron chi connectivity index (χ2n) is 2.46. The molecule has 0 aliphatic carbocycles. The first-order valence-electron chi connectivity index (χ1n) is 3.99. The van der Waals surface area contributed by atoms with E-state index < -0.39 is 0 Å². The van der Waals surface area contributed by atoms with E-state index in [1.165, 1.54) is 0 Å². The van der Waals surface area contributed by atoms with Gasteiger partial charge in [0.05, 0.1) is 24.4 Å². The molecule has 0 aliphatic heterocycles. The van der Waals surface area contributed by atoms with Crippen LogP contribution in [-0.4, -0.2) is 25.3 Å². The number of pyridine rings is 1. The molecule has 0 saturated heterocycles. The maximum absolute atomic E-state index is 5.58. The molecule has 0 radical (unpaired) electrons. The third kappa shape index (κ3) is 3.61. The average Bonchev–Trinajstić information content (AvgIpc) is 2.19. The zero-order chi connectivity index (χ0) is 9.52. The second kappa shape index (κ2) is 5.78. The van der Waals surface area contributed by atoms with Crippen molar-refractivity contribution in [2.24, 2.45) is 0 Å². The summed E-state index contributed by atoms with van der Waals surface area (Å²) in [4.78, 5) is 4.08. The van der Waals surface area contributed by atoms with Crippen molar-refractivity contribution in [2.75, 3.05) is 20.3 Å². The first-order chi connectivity index (χ1) is 6.36. The van der Waals surface area contributed by atoms with Crippen LogP contribution in [0, 0.1) is 0 Å². The number of hydrogen-bond acceptors (Lipinski definition) is 3. The first-order valence-corrected chi connectivity index (χ1v) is 4.53. The van der Waals surface area contributed by atoms with E-state index in [2.05, 4.69) is 4.98 Å². The molecule has 13 heavy (non-hydrogen) atoms. The zero-order valence-electron chi connectivity index (χ0n) is 7.50. The Bertz CT molecular complexity index is 238. The van der Waals surface area contributed by atoms with Gasteiger partial charge in [0, 0.05) is 7.11 Å². The second-order valence-corrected chi connectivity index (χ2v) is 2.73. The summed E-state index contributed by atoms with van der Waals surface area (Å²) in [6.45, 7) is 1.12. The molecule has 1 heterocycles. The molecule has 1 aromatic heterocycles. The van der Waals surface area contributed by atoms with Gasteiger partial charge < -0.3 is 9.47 Å². The molecular formula is C9H12ClNO2. The lowest BCUT2D eigenvalue weighted by atomic mass is 10.4. The maximum atomic E-state index is 5.58. The number of methoxy groups -OCH3 is 1. The third-order valence-corrected chi connectivity index (χ3v) is 1.76. The van der Waals surface area contributed by atoms with Gasteiger partial charge in [0.2, 0.25) is 0 Å². The van der Waals surface area contributed by atoms with Crippen molar-refractivity contribution in [3.63, 3.8) is 0 Å². The summed E-state index contributed by atoms with van der Waals surface area (Å²) in [5.74, 6) is 1.17. The van der Waals surface area contributed by atoms with Gasteiger partial charge in [0.25, 0.3) is 0 Å². The molecule has 0 bridgehead atoms. The Labute approximate surface area is 82.6 Å². The number of hydrogen-bond donors (Lipinski definition) is 0. The number of rotatable bonds is 5. The first kappa shape index (κ1) is 10.3. The number of ether oxygens (including phenoxy) is 2. The number of aromatic nitrogens is 1. The Morgan fingerprint density at radius 2 is 2.23 bits per heavy atom. The van der Waals surface area contributed by atoms with Crippen LogP contribution >= 0.6 is 11.6 Å². The lowest BCUT2D eigenvalue weighted by Gasteiger charge is -2.04. The largest absolute Gasteiger partial charge is 0.490 e. The summed E-state index contributed by atoms with van der Waals surface area (Å²) in [5.41, 5.74) is 0.848. The Kier molecular flexibility index (Phi) is 4.57. The van der Waals surface area contributed by atoms with Gasteiger partial charge >= 0.3 is 0 Å². The fourth-order valence-electron chi connectivity index (χ4n) is 0.818. The van der Waals surface area contributed by atoms with E-state index in [1.807, 2.05) is 12.1 Å². The van der Waals surface area contributed by atoms with Crippen molar-refractivity contribution in [3.8, 4) is 5.75 Å². The summed E-state index contributed by atoms with van der Waals surface area (Å²) in [7, 11) is 1.64. The molecule has 3 nitrogen and oxygen atoms in total. The molecule has 0 atom stereocenters. The predicted octanol–water partition coefficient (Wildman–Crippen LogP) is 1.85. The van der Waals surface area contributed by atoms with Crippen molar-refractivity contribution in [1.29, 1.82) is 0 Å². The summed E-state index contributed by atoms with van der Waals surface area (Å²) in [5, 5.41) is 0. The van der Waals surface area contributed by atoms with E-state index in [4.69, 9.17) is 21.1 Å². The highest BCUT2D eigenvalue weighted by Crippen LogP contribution is 2.09. The Morgan fingerprint density at radius 1 is 1.38 bits per heavy atom. The minimum absolute atomic E-state index is 0.429. The van der Waals surface area contributed by atoms with Gasteiger partial charge in [-0.05, 0) is 12.1 Å². The fourth-order valence-corrected chi connectivity index (χ4v) is 0.976. The smallest absolute Gasteiger partial charge is 0.137 e. The monoisotopic (exact) mass is 201 g/mol. The Hall–Kier alpha value is -0.800.